The topological polar surface area (TPSA) is 55.3 Å². The Morgan fingerprint density at radius 3 is 2.61 bits per heavy atom. The Kier molecular flexibility index (Phi) is 5.50. The van der Waals surface area contributed by atoms with Crippen LogP contribution in [0.3, 0.4) is 0 Å². The van der Waals surface area contributed by atoms with Gasteiger partial charge in [-0.25, -0.2) is 4.98 Å². The molecule has 1 amide bonds. The Bertz CT molecular complexity index is 951. The van der Waals surface area contributed by atoms with Crippen molar-refractivity contribution in [2.75, 3.05) is 19.7 Å². The van der Waals surface area contributed by atoms with Gasteiger partial charge in [-0.05, 0) is 37.5 Å². The maximum absolute atomic E-state index is 12.8. The number of nitrogens with zero attached hydrogens (tertiary/aromatic N) is 3. The average molecular weight is 394 g/mol. The molecule has 3 heterocycles. The maximum atomic E-state index is 12.8. The van der Waals surface area contributed by atoms with Crippen LogP contribution in [-0.4, -0.2) is 40.5 Å². The summed E-state index contributed by atoms with van der Waals surface area (Å²) in [5.74, 6) is 0.0318. The van der Waals surface area contributed by atoms with Gasteiger partial charge in [0.05, 0.1) is 30.1 Å². The Hall–Kier alpha value is -2.57. The number of hydrogen-bond donors (Lipinski definition) is 0. The summed E-state index contributed by atoms with van der Waals surface area (Å²) >= 11 is 1.39. The number of amides is 1. The molecule has 0 saturated carbocycles. The Labute approximate surface area is 169 Å². The summed E-state index contributed by atoms with van der Waals surface area (Å²) in [6.45, 7) is 5.59. The van der Waals surface area contributed by atoms with Crippen molar-refractivity contribution in [3.05, 3.63) is 81.1 Å². The fourth-order valence-electron chi connectivity index (χ4n) is 3.34. The minimum Gasteiger partial charge on any atom is -0.368 e. The van der Waals surface area contributed by atoms with Crippen LogP contribution in [0.5, 0.6) is 0 Å². The van der Waals surface area contributed by atoms with E-state index >= 15 is 0 Å². The molecular formula is C22H23N3O2S. The molecule has 2 aromatic heterocycles. The lowest BCUT2D eigenvalue weighted by Gasteiger charge is -2.32. The van der Waals surface area contributed by atoms with E-state index in [-0.39, 0.29) is 12.0 Å². The highest BCUT2D eigenvalue weighted by molar-refractivity contribution is 7.11. The summed E-state index contributed by atoms with van der Waals surface area (Å²) in [6, 6.07) is 12.7. The van der Waals surface area contributed by atoms with Gasteiger partial charge in [0.1, 0.15) is 11.0 Å². The van der Waals surface area contributed by atoms with Crippen LogP contribution in [0.1, 0.15) is 43.9 Å². The molecule has 0 bridgehead atoms. The highest BCUT2D eigenvalue weighted by Gasteiger charge is 2.28. The third-order valence-corrected chi connectivity index (χ3v) is 5.92. The zero-order chi connectivity index (χ0) is 19.5. The molecule has 144 valence electrons. The number of ether oxygens (including phenoxy) is 1. The van der Waals surface area contributed by atoms with Gasteiger partial charge in [-0.1, -0.05) is 35.9 Å². The van der Waals surface area contributed by atoms with Crippen molar-refractivity contribution in [1.29, 1.82) is 0 Å². The van der Waals surface area contributed by atoms with Gasteiger partial charge in [0.15, 0.2) is 0 Å². The van der Waals surface area contributed by atoms with Crippen LogP contribution in [0, 0.1) is 13.8 Å². The molecule has 0 aliphatic carbocycles. The number of thiazole rings is 1. The van der Waals surface area contributed by atoms with E-state index < -0.39 is 0 Å². The SMILES string of the molecule is Cc1ccc(Cc2ccc([C@@H]3CN(C(=O)c4scnc4C)CCO3)nc2)cc1. The van der Waals surface area contributed by atoms with Crippen LogP contribution in [-0.2, 0) is 11.2 Å². The van der Waals surface area contributed by atoms with E-state index in [1.165, 1.54) is 22.5 Å². The molecule has 0 radical (unpaired) electrons. The quantitative estimate of drug-likeness (QED) is 0.673. The van der Waals surface area contributed by atoms with Crippen molar-refractivity contribution >= 4 is 17.2 Å². The molecule has 0 N–H and O–H groups in total. The number of benzene rings is 1. The number of pyridine rings is 1. The van der Waals surface area contributed by atoms with Gasteiger partial charge in [0.2, 0.25) is 0 Å². The van der Waals surface area contributed by atoms with E-state index in [2.05, 4.69) is 47.2 Å². The van der Waals surface area contributed by atoms with Gasteiger partial charge in [-0.15, -0.1) is 11.3 Å². The Morgan fingerprint density at radius 2 is 1.93 bits per heavy atom. The number of rotatable bonds is 4. The van der Waals surface area contributed by atoms with Gasteiger partial charge in [-0.3, -0.25) is 9.78 Å². The van der Waals surface area contributed by atoms with E-state index in [4.69, 9.17) is 4.74 Å². The number of aryl methyl sites for hydroxylation is 2. The predicted molar refractivity (Wildman–Crippen MR) is 110 cm³/mol. The normalized spacial score (nSPS) is 16.9. The van der Waals surface area contributed by atoms with Gasteiger partial charge in [0, 0.05) is 12.7 Å². The largest absolute Gasteiger partial charge is 0.368 e. The molecule has 1 atom stereocenters. The molecule has 1 aromatic carbocycles. The van der Waals surface area contributed by atoms with Crippen molar-refractivity contribution < 1.29 is 9.53 Å². The van der Waals surface area contributed by atoms with Crippen LogP contribution >= 0.6 is 11.3 Å². The lowest BCUT2D eigenvalue weighted by molar-refractivity contribution is -0.0246. The van der Waals surface area contributed by atoms with Crippen LogP contribution in [0.15, 0.2) is 48.1 Å². The van der Waals surface area contributed by atoms with E-state index in [0.29, 0.717) is 24.6 Å². The zero-order valence-electron chi connectivity index (χ0n) is 16.1. The molecule has 5 nitrogen and oxygen atoms in total. The molecule has 0 spiro atoms. The minimum atomic E-state index is -0.195. The van der Waals surface area contributed by atoms with Crippen molar-refractivity contribution in [3.8, 4) is 0 Å². The molecule has 1 aliphatic rings. The lowest BCUT2D eigenvalue weighted by atomic mass is 10.0. The first-order valence-corrected chi connectivity index (χ1v) is 10.3. The smallest absolute Gasteiger partial charge is 0.266 e. The second-order valence-electron chi connectivity index (χ2n) is 7.13. The highest BCUT2D eigenvalue weighted by atomic mass is 32.1. The van der Waals surface area contributed by atoms with Crippen molar-refractivity contribution in [3.63, 3.8) is 0 Å². The molecule has 28 heavy (non-hydrogen) atoms. The first-order valence-electron chi connectivity index (χ1n) is 9.41. The van der Waals surface area contributed by atoms with Crippen molar-refractivity contribution in [2.45, 2.75) is 26.4 Å². The standard InChI is InChI=1S/C22H23N3O2S/c1-15-3-5-17(6-4-15)11-18-7-8-19(23-12-18)20-13-25(9-10-27-20)22(26)21-16(2)24-14-28-21/h3-8,12,14,20H,9-11,13H2,1-2H3/t20-/m0/s1. The Balaban J connectivity index is 1.43. The molecular weight excluding hydrogens is 370 g/mol. The monoisotopic (exact) mass is 393 g/mol. The molecule has 1 fully saturated rings. The summed E-state index contributed by atoms with van der Waals surface area (Å²) in [4.78, 5) is 24.1. The average Bonchev–Trinajstić information content (AvgIpc) is 3.16. The number of carbonyl (C=O) groups excluding carboxylic acids is 1. The van der Waals surface area contributed by atoms with Crippen molar-refractivity contribution in [2.24, 2.45) is 0 Å². The van der Waals surface area contributed by atoms with Gasteiger partial charge in [0.25, 0.3) is 5.91 Å². The number of hydrogen-bond acceptors (Lipinski definition) is 5. The number of carbonyl (C=O) groups is 1. The number of aromatic nitrogens is 2. The third-order valence-electron chi connectivity index (χ3n) is 5.00. The fraction of sp³-hybridized carbons (Fsp3) is 0.318. The third kappa shape index (κ3) is 4.13. The first-order chi connectivity index (χ1) is 13.6. The summed E-state index contributed by atoms with van der Waals surface area (Å²) in [5, 5.41) is 0. The minimum absolute atomic E-state index is 0.0318. The van der Waals surface area contributed by atoms with Crippen LogP contribution < -0.4 is 0 Å². The molecule has 3 aromatic rings. The number of morpholine rings is 1. The second-order valence-corrected chi connectivity index (χ2v) is 7.99. The molecule has 6 heteroatoms. The van der Waals surface area contributed by atoms with E-state index in [9.17, 15) is 4.79 Å². The molecule has 0 unspecified atom stereocenters. The molecule has 4 rings (SSSR count). The van der Waals surface area contributed by atoms with Gasteiger partial charge < -0.3 is 9.64 Å². The maximum Gasteiger partial charge on any atom is 0.266 e. The summed E-state index contributed by atoms with van der Waals surface area (Å²) in [6.07, 6.45) is 2.57. The lowest BCUT2D eigenvalue weighted by Crippen LogP contribution is -2.42. The van der Waals surface area contributed by atoms with Crippen LogP contribution in [0.25, 0.3) is 0 Å². The van der Waals surface area contributed by atoms with E-state index in [1.807, 2.05) is 24.1 Å². The van der Waals surface area contributed by atoms with Gasteiger partial charge >= 0.3 is 0 Å². The molecule has 1 saturated heterocycles. The van der Waals surface area contributed by atoms with Crippen LogP contribution in [0.2, 0.25) is 0 Å². The van der Waals surface area contributed by atoms with Gasteiger partial charge in [-0.2, -0.15) is 0 Å². The Morgan fingerprint density at radius 1 is 1.14 bits per heavy atom. The second kappa shape index (κ2) is 8.20. The van der Waals surface area contributed by atoms with E-state index in [0.717, 1.165) is 23.4 Å². The summed E-state index contributed by atoms with van der Waals surface area (Å²) < 4.78 is 5.89. The van der Waals surface area contributed by atoms with E-state index in [1.54, 1.807) is 5.51 Å². The van der Waals surface area contributed by atoms with Crippen LogP contribution in [0.4, 0.5) is 0 Å². The molecule has 1 aliphatic heterocycles. The fourth-order valence-corrected chi connectivity index (χ4v) is 4.11. The van der Waals surface area contributed by atoms with Crippen molar-refractivity contribution in [1.82, 2.24) is 14.9 Å². The zero-order valence-corrected chi connectivity index (χ0v) is 16.9. The summed E-state index contributed by atoms with van der Waals surface area (Å²) in [7, 11) is 0. The predicted octanol–water partition coefficient (Wildman–Crippen LogP) is 3.96. The summed E-state index contributed by atoms with van der Waals surface area (Å²) in [5.41, 5.74) is 7.07. The highest BCUT2D eigenvalue weighted by Crippen LogP contribution is 2.24. The first kappa shape index (κ1) is 18.8.